The van der Waals surface area contributed by atoms with E-state index in [1.807, 2.05) is 35.8 Å². The fraction of sp³-hybridized carbons (Fsp3) is 0.312. The molecule has 0 saturated heterocycles. The number of hydrogen-bond donors (Lipinski definition) is 1. The van der Waals surface area contributed by atoms with Crippen LogP contribution in [0.5, 0.6) is 0 Å². The number of hydrogen-bond acceptors (Lipinski definition) is 5. The Labute approximate surface area is 139 Å². The van der Waals surface area contributed by atoms with E-state index in [1.165, 1.54) is 11.8 Å². The van der Waals surface area contributed by atoms with Gasteiger partial charge < -0.3 is 14.6 Å². The maximum atomic E-state index is 12.0. The number of benzene rings is 1. The molecule has 1 aromatic heterocycles. The zero-order valence-corrected chi connectivity index (χ0v) is 14.1. The van der Waals surface area contributed by atoms with Crippen LogP contribution < -0.4 is 5.32 Å². The van der Waals surface area contributed by atoms with Crippen molar-refractivity contribution in [1.29, 1.82) is 0 Å². The Hall–Kier alpha value is -2.12. The van der Waals surface area contributed by atoms with Crippen LogP contribution >= 0.6 is 11.8 Å². The summed E-state index contributed by atoms with van der Waals surface area (Å²) in [5.74, 6) is 0.894. The number of rotatable bonds is 8. The Morgan fingerprint density at radius 3 is 2.78 bits per heavy atom. The highest BCUT2D eigenvalue weighted by atomic mass is 32.2. The second-order valence-electron chi connectivity index (χ2n) is 4.93. The molecule has 0 bridgehead atoms. The molecular weight excluding hydrogens is 312 g/mol. The summed E-state index contributed by atoms with van der Waals surface area (Å²) in [6.45, 7) is 6.68. The van der Waals surface area contributed by atoms with Crippen molar-refractivity contribution < 1.29 is 9.53 Å². The maximum absolute atomic E-state index is 12.0. The van der Waals surface area contributed by atoms with Crippen LogP contribution in [-0.2, 0) is 22.7 Å². The first kappa shape index (κ1) is 17.2. The van der Waals surface area contributed by atoms with Crippen molar-refractivity contribution in [3.05, 3.63) is 48.3 Å². The third-order valence-corrected chi connectivity index (χ3v) is 4.01. The number of thioether (sulfide) groups is 1. The molecule has 1 aromatic carbocycles. The predicted octanol–water partition coefficient (Wildman–Crippen LogP) is 2.65. The molecule has 0 fully saturated rings. The lowest BCUT2D eigenvalue weighted by Gasteiger charge is -2.07. The molecule has 0 spiro atoms. The first-order valence-electron chi connectivity index (χ1n) is 7.15. The summed E-state index contributed by atoms with van der Waals surface area (Å²) in [5.41, 5.74) is 1.94. The van der Waals surface area contributed by atoms with E-state index in [0.29, 0.717) is 24.1 Å². The van der Waals surface area contributed by atoms with E-state index < -0.39 is 0 Å². The second-order valence-corrected chi connectivity index (χ2v) is 5.88. The van der Waals surface area contributed by atoms with Crippen molar-refractivity contribution >= 4 is 23.4 Å². The Morgan fingerprint density at radius 1 is 1.39 bits per heavy atom. The lowest BCUT2D eigenvalue weighted by molar-refractivity contribution is -0.113. The predicted molar refractivity (Wildman–Crippen MR) is 91.5 cm³/mol. The number of carbonyl (C=O) groups excluding carboxylic acids is 1. The highest BCUT2D eigenvalue weighted by Gasteiger charge is 2.13. The quantitative estimate of drug-likeness (QED) is 0.594. The summed E-state index contributed by atoms with van der Waals surface area (Å²) in [7, 11) is 1.61. The molecule has 0 aliphatic heterocycles. The number of allylic oxidation sites excluding steroid dienone is 1. The van der Waals surface area contributed by atoms with Gasteiger partial charge in [0, 0.05) is 19.3 Å². The number of amides is 1. The van der Waals surface area contributed by atoms with Crippen molar-refractivity contribution in [2.45, 2.75) is 25.2 Å². The molecule has 0 unspecified atom stereocenters. The van der Waals surface area contributed by atoms with Crippen molar-refractivity contribution in [2.24, 2.45) is 0 Å². The largest absolute Gasteiger partial charge is 0.377 e. The number of ether oxygens (including phenoxy) is 1. The number of carbonyl (C=O) groups is 1. The van der Waals surface area contributed by atoms with Gasteiger partial charge in [-0.25, -0.2) is 0 Å². The van der Waals surface area contributed by atoms with E-state index >= 15 is 0 Å². The molecule has 2 aromatic rings. The van der Waals surface area contributed by atoms with Crippen LogP contribution in [-0.4, -0.2) is 33.5 Å². The number of nitrogens with one attached hydrogen (secondary N) is 1. The first-order valence-corrected chi connectivity index (χ1v) is 8.14. The van der Waals surface area contributed by atoms with Crippen LogP contribution in [0.2, 0.25) is 0 Å². The highest BCUT2D eigenvalue weighted by Crippen LogP contribution is 2.18. The molecular formula is C16H20N4O2S. The minimum absolute atomic E-state index is 0.0831. The van der Waals surface area contributed by atoms with Gasteiger partial charge in [0.1, 0.15) is 6.61 Å². The van der Waals surface area contributed by atoms with Gasteiger partial charge in [-0.05, 0) is 19.1 Å². The minimum Gasteiger partial charge on any atom is -0.377 e. The van der Waals surface area contributed by atoms with Gasteiger partial charge in [-0.1, -0.05) is 35.5 Å². The van der Waals surface area contributed by atoms with Gasteiger partial charge in [-0.15, -0.1) is 16.8 Å². The van der Waals surface area contributed by atoms with Crippen LogP contribution in [0.15, 0.2) is 42.1 Å². The maximum Gasteiger partial charge on any atom is 0.234 e. The van der Waals surface area contributed by atoms with E-state index in [9.17, 15) is 4.79 Å². The molecule has 1 amide bonds. The van der Waals surface area contributed by atoms with Crippen LogP contribution in [0.3, 0.4) is 0 Å². The summed E-state index contributed by atoms with van der Waals surface area (Å²) in [6.07, 6.45) is 1.76. The Morgan fingerprint density at radius 2 is 2.13 bits per heavy atom. The summed E-state index contributed by atoms with van der Waals surface area (Å²) >= 11 is 1.34. The number of methoxy groups -OCH3 is 1. The van der Waals surface area contributed by atoms with Crippen LogP contribution in [0.25, 0.3) is 0 Å². The molecule has 122 valence electrons. The number of aromatic nitrogens is 3. The van der Waals surface area contributed by atoms with Gasteiger partial charge in [-0.3, -0.25) is 4.79 Å². The average molecular weight is 332 g/mol. The van der Waals surface area contributed by atoms with Crippen molar-refractivity contribution in [3.63, 3.8) is 0 Å². The lowest BCUT2D eigenvalue weighted by Crippen LogP contribution is -2.14. The van der Waals surface area contributed by atoms with Crippen molar-refractivity contribution in [1.82, 2.24) is 14.8 Å². The zero-order chi connectivity index (χ0) is 16.7. The normalized spacial score (nSPS) is 10.5. The molecule has 2 rings (SSSR count). The summed E-state index contributed by atoms with van der Waals surface area (Å²) in [5, 5.41) is 11.7. The van der Waals surface area contributed by atoms with Gasteiger partial charge in [0.25, 0.3) is 0 Å². The zero-order valence-electron chi connectivity index (χ0n) is 13.3. The summed E-state index contributed by atoms with van der Waals surface area (Å²) < 4.78 is 6.99. The monoisotopic (exact) mass is 332 g/mol. The molecule has 0 atom stereocenters. The van der Waals surface area contributed by atoms with E-state index in [1.54, 1.807) is 13.2 Å². The van der Waals surface area contributed by atoms with E-state index in [-0.39, 0.29) is 11.7 Å². The average Bonchev–Trinajstić information content (AvgIpc) is 2.91. The standard InChI is InChI=1S/C16H20N4O2S/c1-4-9-20-14(10-22-3)18-19-16(20)23-11-15(21)17-13-7-5-12(2)6-8-13/h4-8H,1,9-11H2,2-3H3,(H,17,21). The molecule has 1 heterocycles. The number of nitrogens with zero attached hydrogens (tertiary/aromatic N) is 3. The minimum atomic E-state index is -0.0831. The first-order chi connectivity index (χ1) is 11.1. The molecule has 7 heteroatoms. The Kier molecular flexibility index (Phi) is 6.37. The molecule has 23 heavy (non-hydrogen) atoms. The van der Waals surface area contributed by atoms with Gasteiger partial charge >= 0.3 is 0 Å². The molecule has 0 aliphatic rings. The van der Waals surface area contributed by atoms with Gasteiger partial charge in [0.2, 0.25) is 5.91 Å². The molecule has 0 aliphatic carbocycles. The summed E-state index contributed by atoms with van der Waals surface area (Å²) in [4.78, 5) is 12.0. The van der Waals surface area contributed by atoms with E-state index in [2.05, 4.69) is 22.1 Å². The van der Waals surface area contributed by atoms with E-state index in [4.69, 9.17) is 4.74 Å². The fourth-order valence-corrected chi connectivity index (χ4v) is 2.70. The van der Waals surface area contributed by atoms with Gasteiger partial charge in [-0.2, -0.15) is 0 Å². The molecule has 6 nitrogen and oxygen atoms in total. The number of aryl methyl sites for hydroxylation is 1. The second kappa shape index (κ2) is 8.50. The third-order valence-electron chi connectivity index (χ3n) is 3.05. The van der Waals surface area contributed by atoms with Crippen molar-refractivity contribution in [2.75, 3.05) is 18.2 Å². The molecule has 0 radical (unpaired) electrons. The lowest BCUT2D eigenvalue weighted by atomic mass is 10.2. The fourth-order valence-electron chi connectivity index (χ4n) is 1.94. The topological polar surface area (TPSA) is 69.0 Å². The highest BCUT2D eigenvalue weighted by molar-refractivity contribution is 7.99. The smallest absolute Gasteiger partial charge is 0.234 e. The number of anilines is 1. The molecule has 0 saturated carbocycles. The Balaban J connectivity index is 1.95. The van der Waals surface area contributed by atoms with E-state index in [0.717, 1.165) is 11.3 Å². The summed E-state index contributed by atoms with van der Waals surface area (Å²) in [6, 6.07) is 7.69. The van der Waals surface area contributed by atoms with Crippen molar-refractivity contribution in [3.8, 4) is 0 Å². The van der Waals surface area contributed by atoms with Crippen LogP contribution in [0, 0.1) is 6.92 Å². The van der Waals surface area contributed by atoms with Gasteiger partial charge in [0.05, 0.1) is 5.75 Å². The Bertz CT molecular complexity index is 667. The van der Waals surface area contributed by atoms with Crippen LogP contribution in [0.4, 0.5) is 5.69 Å². The molecule has 1 N–H and O–H groups in total. The third kappa shape index (κ3) is 4.94. The van der Waals surface area contributed by atoms with Gasteiger partial charge in [0.15, 0.2) is 11.0 Å². The SMILES string of the molecule is C=CCn1c(COC)nnc1SCC(=O)Nc1ccc(C)cc1. The van der Waals surface area contributed by atoms with Crippen LogP contribution in [0.1, 0.15) is 11.4 Å².